The highest BCUT2D eigenvalue weighted by Crippen LogP contribution is 2.37. The maximum absolute atomic E-state index is 13.9. The normalized spacial score (nSPS) is 13.8. The lowest BCUT2D eigenvalue weighted by atomic mass is 10.1. The predicted molar refractivity (Wildman–Crippen MR) is 81.1 cm³/mol. The van der Waals surface area contributed by atoms with Crippen LogP contribution in [0.2, 0.25) is 5.02 Å². The first-order valence-electron chi connectivity index (χ1n) is 6.08. The van der Waals surface area contributed by atoms with Gasteiger partial charge in [0.05, 0.1) is 17.8 Å². The summed E-state index contributed by atoms with van der Waals surface area (Å²) in [5.74, 6) is -1.79. The Bertz CT molecular complexity index is 758. The van der Waals surface area contributed by atoms with Crippen LogP contribution in [0.15, 0.2) is 40.9 Å². The maximum Gasteiger partial charge on any atom is 0.299 e. The van der Waals surface area contributed by atoms with E-state index in [2.05, 4.69) is 15.9 Å². The average Bonchev–Trinajstić information content (AvgIpc) is 2.69. The van der Waals surface area contributed by atoms with Crippen LogP contribution in [0, 0.1) is 5.82 Å². The lowest BCUT2D eigenvalue weighted by molar-refractivity contribution is -0.114. The summed E-state index contributed by atoms with van der Waals surface area (Å²) < 4.78 is 14.5. The van der Waals surface area contributed by atoms with E-state index >= 15 is 0 Å². The van der Waals surface area contributed by atoms with Crippen molar-refractivity contribution >= 4 is 44.9 Å². The van der Waals surface area contributed by atoms with E-state index in [0.717, 1.165) is 0 Å². The molecule has 0 saturated carbocycles. The van der Waals surface area contributed by atoms with Gasteiger partial charge >= 0.3 is 0 Å². The molecule has 1 heterocycles. The monoisotopic (exact) mass is 367 g/mol. The molecule has 0 fully saturated rings. The Morgan fingerprint density at radius 3 is 2.57 bits per heavy atom. The molecule has 0 atom stereocenters. The number of ketones is 1. The maximum atomic E-state index is 13.9. The molecule has 1 aliphatic heterocycles. The summed E-state index contributed by atoms with van der Waals surface area (Å²) in [6, 6.07) is 9.27. The van der Waals surface area contributed by atoms with Gasteiger partial charge in [0.2, 0.25) is 0 Å². The van der Waals surface area contributed by atoms with E-state index < -0.39 is 17.5 Å². The van der Waals surface area contributed by atoms with E-state index in [1.54, 1.807) is 24.3 Å². The van der Waals surface area contributed by atoms with Crippen molar-refractivity contribution in [3.63, 3.8) is 0 Å². The smallest absolute Gasteiger partial charge is 0.299 e. The number of hydrogen-bond acceptors (Lipinski definition) is 2. The molecule has 0 aromatic heterocycles. The number of para-hydroxylation sites is 1. The van der Waals surface area contributed by atoms with E-state index in [1.165, 1.54) is 17.0 Å². The van der Waals surface area contributed by atoms with E-state index in [-0.39, 0.29) is 17.1 Å². The first kappa shape index (κ1) is 14.2. The molecular weight excluding hydrogens is 361 g/mol. The van der Waals surface area contributed by atoms with Crippen molar-refractivity contribution in [3.8, 4) is 0 Å². The molecule has 21 heavy (non-hydrogen) atoms. The fourth-order valence-electron chi connectivity index (χ4n) is 2.30. The molecule has 0 bridgehead atoms. The second-order valence-electron chi connectivity index (χ2n) is 4.56. The van der Waals surface area contributed by atoms with Gasteiger partial charge in [0, 0.05) is 15.1 Å². The second kappa shape index (κ2) is 5.24. The molecule has 1 amide bonds. The van der Waals surface area contributed by atoms with Crippen LogP contribution < -0.4 is 4.90 Å². The van der Waals surface area contributed by atoms with Gasteiger partial charge in [0.15, 0.2) is 0 Å². The number of hydrogen-bond donors (Lipinski definition) is 0. The van der Waals surface area contributed by atoms with Gasteiger partial charge in [0.1, 0.15) is 5.82 Å². The molecule has 0 unspecified atom stereocenters. The first-order valence-corrected chi connectivity index (χ1v) is 7.25. The Kier molecular flexibility index (Phi) is 3.55. The third-order valence-corrected chi connectivity index (χ3v) is 4.31. The number of Topliss-reactive ketones (excluding diaryl/α,β-unsaturated/α-hetero) is 1. The van der Waals surface area contributed by atoms with Crippen LogP contribution in [0.5, 0.6) is 0 Å². The van der Waals surface area contributed by atoms with Crippen molar-refractivity contribution in [1.29, 1.82) is 0 Å². The number of amides is 1. The minimum Gasteiger partial charge on any atom is -0.299 e. The first-order chi connectivity index (χ1) is 10.0. The molecule has 0 aliphatic carbocycles. The number of rotatable bonds is 2. The van der Waals surface area contributed by atoms with Gasteiger partial charge in [-0.1, -0.05) is 23.7 Å². The van der Waals surface area contributed by atoms with Gasteiger partial charge < -0.3 is 0 Å². The molecule has 1 aliphatic rings. The molecule has 3 nitrogen and oxygen atoms in total. The molecule has 106 valence electrons. The zero-order chi connectivity index (χ0) is 15.1. The highest BCUT2D eigenvalue weighted by Gasteiger charge is 2.37. The third-order valence-electron chi connectivity index (χ3n) is 3.32. The van der Waals surface area contributed by atoms with Crippen molar-refractivity contribution in [2.75, 3.05) is 4.90 Å². The van der Waals surface area contributed by atoms with Crippen molar-refractivity contribution < 1.29 is 14.0 Å². The minimum absolute atomic E-state index is 0.0916. The molecule has 0 saturated heterocycles. The SMILES string of the molecule is O=C1C(=O)N(Cc2c(F)cccc2Cl)c2c(Br)cccc21. The van der Waals surface area contributed by atoms with Crippen LogP contribution >= 0.6 is 27.5 Å². The number of halogens is 3. The number of benzene rings is 2. The van der Waals surface area contributed by atoms with Crippen LogP contribution in [0.4, 0.5) is 10.1 Å². The zero-order valence-corrected chi connectivity index (χ0v) is 12.9. The molecular formula is C15H8BrClFNO2. The quantitative estimate of drug-likeness (QED) is 0.752. The van der Waals surface area contributed by atoms with Crippen LogP contribution in [0.1, 0.15) is 15.9 Å². The lowest BCUT2D eigenvalue weighted by Gasteiger charge is -2.19. The Hall–Kier alpha value is -1.72. The van der Waals surface area contributed by atoms with Gasteiger partial charge in [0.25, 0.3) is 11.7 Å². The number of carbonyl (C=O) groups excluding carboxylic acids is 2. The Labute approximate surface area is 133 Å². The number of anilines is 1. The van der Waals surface area contributed by atoms with Crippen LogP contribution in [-0.4, -0.2) is 11.7 Å². The summed E-state index contributed by atoms with van der Waals surface area (Å²) in [6.07, 6.45) is 0. The van der Waals surface area contributed by atoms with E-state index in [0.29, 0.717) is 15.7 Å². The standard InChI is InChI=1S/C15H8BrClFNO2/c16-10-4-1-3-8-13(10)19(15(21)14(8)20)7-9-11(17)5-2-6-12(9)18/h1-6H,7H2. The Morgan fingerprint density at radius 1 is 1.14 bits per heavy atom. The van der Waals surface area contributed by atoms with Gasteiger partial charge in [-0.2, -0.15) is 0 Å². The third kappa shape index (κ3) is 2.26. The summed E-state index contributed by atoms with van der Waals surface area (Å²) in [5.41, 5.74) is 0.942. The molecule has 6 heteroatoms. The van der Waals surface area contributed by atoms with Crippen molar-refractivity contribution in [2.24, 2.45) is 0 Å². The van der Waals surface area contributed by atoms with Gasteiger partial charge in [-0.25, -0.2) is 4.39 Å². The largest absolute Gasteiger partial charge is 0.299 e. The topological polar surface area (TPSA) is 37.4 Å². The summed E-state index contributed by atoms with van der Waals surface area (Å²) in [4.78, 5) is 25.4. The second-order valence-corrected chi connectivity index (χ2v) is 5.82. The highest BCUT2D eigenvalue weighted by molar-refractivity contribution is 9.10. The zero-order valence-electron chi connectivity index (χ0n) is 10.6. The molecule has 2 aromatic carbocycles. The lowest BCUT2D eigenvalue weighted by Crippen LogP contribution is -2.29. The van der Waals surface area contributed by atoms with E-state index in [4.69, 9.17) is 11.6 Å². The number of carbonyl (C=O) groups is 2. The molecule has 3 rings (SSSR count). The fourth-order valence-corrected chi connectivity index (χ4v) is 3.11. The molecule has 0 N–H and O–H groups in total. The average molecular weight is 369 g/mol. The molecule has 0 spiro atoms. The van der Waals surface area contributed by atoms with E-state index in [9.17, 15) is 14.0 Å². The predicted octanol–water partition coefficient (Wildman–Crippen LogP) is 3.97. The summed E-state index contributed by atoms with van der Waals surface area (Å²) in [6.45, 7) is -0.0916. The van der Waals surface area contributed by atoms with Gasteiger partial charge in [-0.15, -0.1) is 0 Å². The van der Waals surface area contributed by atoms with Crippen LogP contribution in [0.3, 0.4) is 0 Å². The summed E-state index contributed by atoms with van der Waals surface area (Å²) in [5, 5.41) is 0.218. The van der Waals surface area contributed by atoms with Crippen molar-refractivity contribution in [2.45, 2.75) is 6.54 Å². The van der Waals surface area contributed by atoms with Gasteiger partial charge in [-0.05, 0) is 40.2 Å². The van der Waals surface area contributed by atoms with Gasteiger partial charge in [-0.3, -0.25) is 14.5 Å². The fraction of sp³-hybridized carbons (Fsp3) is 0.0667. The van der Waals surface area contributed by atoms with Crippen LogP contribution in [-0.2, 0) is 11.3 Å². The van der Waals surface area contributed by atoms with Crippen molar-refractivity contribution in [1.82, 2.24) is 0 Å². The molecule has 2 aromatic rings. The van der Waals surface area contributed by atoms with E-state index in [1.807, 2.05) is 0 Å². The highest BCUT2D eigenvalue weighted by atomic mass is 79.9. The van der Waals surface area contributed by atoms with Crippen LogP contribution in [0.25, 0.3) is 0 Å². The Morgan fingerprint density at radius 2 is 1.86 bits per heavy atom. The summed E-state index contributed by atoms with van der Waals surface area (Å²) in [7, 11) is 0. The summed E-state index contributed by atoms with van der Waals surface area (Å²) >= 11 is 9.30. The van der Waals surface area contributed by atoms with Crippen molar-refractivity contribution in [3.05, 3.63) is 62.8 Å². The minimum atomic E-state index is -0.684. The number of nitrogens with zero attached hydrogens (tertiary/aromatic N) is 1. The Balaban J connectivity index is 2.09. The molecule has 0 radical (unpaired) electrons. The number of fused-ring (bicyclic) bond motifs is 1.